The predicted molar refractivity (Wildman–Crippen MR) is 134 cm³/mol. The van der Waals surface area contributed by atoms with Gasteiger partial charge >= 0.3 is 0 Å². The van der Waals surface area contributed by atoms with Crippen LogP contribution in [0.1, 0.15) is 23.4 Å². The number of rotatable bonds is 6. The summed E-state index contributed by atoms with van der Waals surface area (Å²) in [5, 5.41) is 18.9. The number of ether oxygens (including phenoxy) is 1. The highest BCUT2D eigenvalue weighted by Gasteiger charge is 2.30. The molecular weight excluding hydrogens is 505 g/mol. The summed E-state index contributed by atoms with van der Waals surface area (Å²) in [4.78, 5) is 28.5. The van der Waals surface area contributed by atoms with Gasteiger partial charge in [-0.05, 0) is 24.6 Å². The molecule has 0 aliphatic carbocycles. The average Bonchev–Trinajstić information content (AvgIpc) is 3.61. The first-order chi connectivity index (χ1) is 17.4. The number of nitrogens with one attached hydrogen (secondary N) is 2. The summed E-state index contributed by atoms with van der Waals surface area (Å²) in [7, 11) is 0. The molecule has 6 rings (SSSR count). The maximum atomic E-state index is 12.7. The van der Waals surface area contributed by atoms with Gasteiger partial charge in [-0.15, -0.1) is 0 Å². The number of nitrogens with zero attached hydrogens (tertiary/aromatic N) is 5. The normalized spacial score (nSPS) is 17.8. The Kier molecular flexibility index (Phi) is 6.04. The molecule has 10 nitrogen and oxygen atoms in total. The fourth-order valence-electron chi connectivity index (χ4n) is 4.67. The van der Waals surface area contributed by atoms with Gasteiger partial charge in [0.05, 0.1) is 52.7 Å². The molecule has 186 valence electrons. The number of β-amino-alcohol motifs (C(OH)–C–C–N with tert-alkyl or cyclic N) is 1. The van der Waals surface area contributed by atoms with Gasteiger partial charge < -0.3 is 19.7 Å². The molecule has 0 radical (unpaired) electrons. The first-order valence-electron chi connectivity index (χ1n) is 11.6. The Labute approximate surface area is 216 Å². The Morgan fingerprint density at radius 1 is 1.22 bits per heavy atom. The second-order valence-electron chi connectivity index (χ2n) is 9.09. The topological polar surface area (TPSA) is 123 Å². The predicted octanol–water partition coefficient (Wildman–Crippen LogP) is 3.14. The number of pyridine rings is 1. The standard InChI is InChI=1S/C24H23Cl2N7O3/c25-17-6-27-7-18(26)16(17)12-36-14-1-2-19-15(5-14)23(31-30-19)24-28-20-9-33(10-21(20)29-24)22(35)11-32-4-3-13(34)8-32/h1-2,5-7,13,34H,3-4,8-12H2,(H,28,29)(H,30,31). The number of carbonyl (C=O) groups is 1. The van der Waals surface area contributed by atoms with Crippen molar-refractivity contribution < 1.29 is 14.6 Å². The van der Waals surface area contributed by atoms with Gasteiger partial charge in [-0.25, -0.2) is 4.98 Å². The monoisotopic (exact) mass is 527 g/mol. The Hall–Kier alpha value is -3.18. The molecule has 12 heteroatoms. The van der Waals surface area contributed by atoms with Crippen LogP contribution in [0.5, 0.6) is 5.75 Å². The number of fused-ring (bicyclic) bond motifs is 2. The van der Waals surface area contributed by atoms with Gasteiger partial charge in [-0.2, -0.15) is 5.10 Å². The summed E-state index contributed by atoms with van der Waals surface area (Å²) in [5.74, 6) is 1.31. The van der Waals surface area contributed by atoms with Gasteiger partial charge in [-0.1, -0.05) is 23.2 Å². The molecule has 36 heavy (non-hydrogen) atoms. The zero-order valence-electron chi connectivity index (χ0n) is 19.2. The summed E-state index contributed by atoms with van der Waals surface area (Å²) >= 11 is 12.4. The molecule has 1 saturated heterocycles. The zero-order chi connectivity index (χ0) is 24.8. The van der Waals surface area contributed by atoms with E-state index in [1.807, 2.05) is 23.1 Å². The number of aliphatic hydroxyl groups excluding tert-OH is 1. The van der Waals surface area contributed by atoms with Gasteiger partial charge in [0, 0.05) is 36.4 Å². The minimum absolute atomic E-state index is 0.0402. The highest BCUT2D eigenvalue weighted by Crippen LogP contribution is 2.32. The largest absolute Gasteiger partial charge is 0.489 e. The minimum atomic E-state index is -0.339. The molecule has 0 spiro atoms. The fourth-order valence-corrected chi connectivity index (χ4v) is 5.14. The second-order valence-corrected chi connectivity index (χ2v) is 9.90. The average molecular weight is 528 g/mol. The van der Waals surface area contributed by atoms with E-state index in [-0.39, 0.29) is 18.6 Å². The molecular formula is C24H23Cl2N7O3. The Morgan fingerprint density at radius 2 is 2.06 bits per heavy atom. The van der Waals surface area contributed by atoms with Crippen molar-refractivity contribution in [2.24, 2.45) is 0 Å². The minimum Gasteiger partial charge on any atom is -0.489 e. The molecule has 0 saturated carbocycles. The van der Waals surface area contributed by atoms with Crippen molar-refractivity contribution in [1.82, 2.24) is 34.9 Å². The van der Waals surface area contributed by atoms with Crippen LogP contribution < -0.4 is 4.74 Å². The number of aromatic amines is 2. The molecule has 3 aromatic heterocycles. The summed E-state index contributed by atoms with van der Waals surface area (Å²) in [6, 6.07) is 5.63. The molecule has 2 aliphatic heterocycles. The first kappa shape index (κ1) is 23.2. The van der Waals surface area contributed by atoms with E-state index in [9.17, 15) is 9.90 Å². The smallest absolute Gasteiger partial charge is 0.237 e. The maximum Gasteiger partial charge on any atom is 0.237 e. The molecule has 2 aliphatic rings. The maximum absolute atomic E-state index is 12.7. The van der Waals surface area contributed by atoms with Crippen LogP contribution in [-0.4, -0.2) is 71.7 Å². The van der Waals surface area contributed by atoms with Gasteiger partial charge in [-0.3, -0.25) is 19.8 Å². The number of benzene rings is 1. The van der Waals surface area contributed by atoms with Crippen molar-refractivity contribution in [2.75, 3.05) is 19.6 Å². The van der Waals surface area contributed by atoms with E-state index in [0.717, 1.165) is 28.8 Å². The van der Waals surface area contributed by atoms with Gasteiger partial charge in [0.15, 0.2) is 5.82 Å². The van der Waals surface area contributed by atoms with Crippen LogP contribution >= 0.6 is 23.2 Å². The quantitative estimate of drug-likeness (QED) is 0.351. The number of carbonyl (C=O) groups excluding carboxylic acids is 1. The second kappa shape index (κ2) is 9.36. The summed E-state index contributed by atoms with van der Waals surface area (Å²) in [6.07, 6.45) is 3.44. The molecule has 0 bridgehead atoms. The van der Waals surface area contributed by atoms with E-state index in [1.165, 1.54) is 12.4 Å². The SMILES string of the molecule is O=C(CN1CCC(O)C1)N1Cc2nc(-c3n[nH]c4ccc(OCc5c(Cl)cncc5Cl)cc34)[nH]c2C1. The van der Waals surface area contributed by atoms with Crippen LogP contribution in [0.25, 0.3) is 22.4 Å². The summed E-state index contributed by atoms with van der Waals surface area (Å²) in [5.41, 5.74) is 3.94. The third-order valence-corrected chi connectivity index (χ3v) is 7.26. The number of hydrogen-bond donors (Lipinski definition) is 3. The Balaban J connectivity index is 1.17. The zero-order valence-corrected chi connectivity index (χ0v) is 20.7. The third kappa shape index (κ3) is 4.41. The van der Waals surface area contributed by atoms with Crippen molar-refractivity contribution >= 4 is 40.0 Å². The van der Waals surface area contributed by atoms with Gasteiger partial charge in [0.2, 0.25) is 5.91 Å². The van der Waals surface area contributed by atoms with Crippen LogP contribution in [0.4, 0.5) is 0 Å². The molecule has 1 fully saturated rings. The molecule has 1 atom stereocenters. The van der Waals surface area contributed by atoms with Gasteiger partial charge in [0.1, 0.15) is 18.1 Å². The third-order valence-electron chi connectivity index (χ3n) is 6.61. The molecule has 4 aromatic rings. The molecule has 1 amide bonds. The van der Waals surface area contributed by atoms with Crippen molar-refractivity contribution in [3.05, 3.63) is 57.6 Å². The lowest BCUT2D eigenvalue weighted by molar-refractivity contribution is -0.132. The van der Waals surface area contributed by atoms with E-state index < -0.39 is 0 Å². The number of likely N-dealkylation sites (tertiary alicyclic amines) is 1. The fraction of sp³-hybridized carbons (Fsp3) is 0.333. The molecule has 5 heterocycles. The number of amides is 1. The van der Waals surface area contributed by atoms with Crippen LogP contribution in [0.2, 0.25) is 10.0 Å². The number of halogens is 2. The number of aromatic nitrogens is 5. The highest BCUT2D eigenvalue weighted by atomic mass is 35.5. The highest BCUT2D eigenvalue weighted by molar-refractivity contribution is 6.35. The van der Waals surface area contributed by atoms with Crippen molar-refractivity contribution in [3.8, 4) is 17.3 Å². The van der Waals surface area contributed by atoms with Crippen LogP contribution in [0.15, 0.2) is 30.6 Å². The van der Waals surface area contributed by atoms with Crippen LogP contribution in [-0.2, 0) is 24.5 Å². The lowest BCUT2D eigenvalue weighted by Crippen LogP contribution is -2.37. The molecule has 3 N–H and O–H groups in total. The van der Waals surface area contributed by atoms with E-state index >= 15 is 0 Å². The van der Waals surface area contributed by atoms with E-state index in [1.54, 1.807) is 4.90 Å². The van der Waals surface area contributed by atoms with Crippen molar-refractivity contribution in [1.29, 1.82) is 0 Å². The van der Waals surface area contributed by atoms with Crippen LogP contribution in [0.3, 0.4) is 0 Å². The van der Waals surface area contributed by atoms with E-state index in [2.05, 4.69) is 20.2 Å². The van der Waals surface area contributed by atoms with Crippen LogP contribution in [0, 0.1) is 0 Å². The number of imidazole rings is 1. The van der Waals surface area contributed by atoms with Gasteiger partial charge in [0.25, 0.3) is 0 Å². The Morgan fingerprint density at radius 3 is 2.81 bits per heavy atom. The summed E-state index contributed by atoms with van der Waals surface area (Å²) in [6.45, 7) is 2.74. The van der Waals surface area contributed by atoms with E-state index in [0.29, 0.717) is 65.5 Å². The number of H-pyrrole nitrogens is 2. The number of aliphatic hydroxyl groups is 1. The molecule has 1 aromatic carbocycles. The van der Waals surface area contributed by atoms with Crippen molar-refractivity contribution in [3.63, 3.8) is 0 Å². The first-order valence-corrected chi connectivity index (χ1v) is 12.4. The Bertz CT molecular complexity index is 1410. The molecule has 1 unspecified atom stereocenters. The lowest BCUT2D eigenvalue weighted by Gasteiger charge is -2.20. The van der Waals surface area contributed by atoms with E-state index in [4.69, 9.17) is 32.9 Å². The lowest BCUT2D eigenvalue weighted by atomic mass is 10.2. The number of hydrogen-bond acceptors (Lipinski definition) is 7. The summed E-state index contributed by atoms with van der Waals surface area (Å²) < 4.78 is 5.95. The van der Waals surface area contributed by atoms with Crippen molar-refractivity contribution in [2.45, 2.75) is 32.2 Å².